The van der Waals surface area contributed by atoms with Gasteiger partial charge in [0.1, 0.15) is 11.4 Å². The van der Waals surface area contributed by atoms with Crippen LogP contribution in [0.3, 0.4) is 0 Å². The number of hydrogen-bond donors (Lipinski definition) is 1. The van der Waals surface area contributed by atoms with Gasteiger partial charge in [0.2, 0.25) is 0 Å². The van der Waals surface area contributed by atoms with E-state index in [1.807, 2.05) is 61.7 Å². The molecule has 3 aromatic rings. The number of carbonyl (C=O) groups is 1. The topological polar surface area (TPSA) is 63.6 Å². The van der Waals surface area contributed by atoms with Crippen molar-refractivity contribution in [2.24, 2.45) is 5.10 Å². The minimum atomic E-state index is -0.348. The van der Waals surface area contributed by atoms with Crippen LogP contribution in [-0.4, -0.2) is 23.2 Å². The van der Waals surface area contributed by atoms with E-state index in [9.17, 15) is 4.79 Å². The summed E-state index contributed by atoms with van der Waals surface area (Å²) >= 11 is 1.55. The van der Waals surface area contributed by atoms with E-state index in [1.165, 1.54) is 0 Å². The number of hydrazone groups is 1. The normalized spacial score (nSPS) is 11.0. The number of hydrogen-bond acceptors (Lipinski definition) is 5. The first-order chi connectivity index (χ1) is 12.6. The number of pyridine rings is 1. The van der Waals surface area contributed by atoms with Crippen LogP contribution < -0.4 is 10.2 Å². The SMILES string of the molecule is CC(C)Oc1ccc(-c2ccnc(C(=O)N/N=C/c3cccs3)c2)cc1. The van der Waals surface area contributed by atoms with Gasteiger partial charge in [-0.1, -0.05) is 18.2 Å². The minimum Gasteiger partial charge on any atom is -0.491 e. The third-order valence-electron chi connectivity index (χ3n) is 3.45. The molecule has 2 heterocycles. The van der Waals surface area contributed by atoms with Gasteiger partial charge in [0.15, 0.2) is 0 Å². The summed E-state index contributed by atoms with van der Waals surface area (Å²) in [6.07, 6.45) is 3.36. The Balaban J connectivity index is 1.70. The van der Waals surface area contributed by atoms with Crippen LogP contribution in [0.1, 0.15) is 29.2 Å². The average Bonchev–Trinajstić information content (AvgIpc) is 3.15. The zero-order valence-electron chi connectivity index (χ0n) is 14.5. The third-order valence-corrected chi connectivity index (χ3v) is 4.26. The quantitative estimate of drug-likeness (QED) is 0.521. The molecule has 1 N–H and O–H groups in total. The van der Waals surface area contributed by atoms with Crippen LogP contribution in [0.15, 0.2) is 65.2 Å². The molecule has 5 nitrogen and oxygen atoms in total. The first-order valence-corrected chi connectivity index (χ1v) is 9.10. The number of nitrogens with one attached hydrogen (secondary N) is 1. The van der Waals surface area contributed by atoms with Crippen molar-refractivity contribution < 1.29 is 9.53 Å². The van der Waals surface area contributed by atoms with E-state index in [4.69, 9.17) is 4.74 Å². The molecule has 1 amide bonds. The second kappa shape index (κ2) is 8.40. The lowest BCUT2D eigenvalue weighted by Gasteiger charge is -2.10. The Kier molecular flexibility index (Phi) is 5.76. The van der Waals surface area contributed by atoms with Crippen molar-refractivity contribution in [3.63, 3.8) is 0 Å². The summed E-state index contributed by atoms with van der Waals surface area (Å²) in [6, 6.07) is 15.2. The van der Waals surface area contributed by atoms with Crippen LogP contribution >= 0.6 is 11.3 Å². The summed E-state index contributed by atoms with van der Waals surface area (Å²) in [7, 11) is 0. The van der Waals surface area contributed by atoms with Crippen LogP contribution in [0.5, 0.6) is 5.75 Å². The molecule has 3 rings (SSSR count). The van der Waals surface area contributed by atoms with Crippen LogP contribution in [0.2, 0.25) is 0 Å². The number of carbonyl (C=O) groups excluding carboxylic acids is 1. The number of benzene rings is 1. The van der Waals surface area contributed by atoms with Crippen molar-refractivity contribution in [1.82, 2.24) is 10.4 Å². The third kappa shape index (κ3) is 4.77. The fraction of sp³-hybridized carbons (Fsp3) is 0.150. The number of thiophene rings is 1. The van der Waals surface area contributed by atoms with Gasteiger partial charge in [-0.2, -0.15) is 5.10 Å². The number of ether oxygens (including phenoxy) is 1. The fourth-order valence-corrected chi connectivity index (χ4v) is 2.89. The Bertz CT molecular complexity index is 888. The summed E-state index contributed by atoms with van der Waals surface area (Å²) in [6.45, 7) is 3.98. The van der Waals surface area contributed by atoms with E-state index in [2.05, 4.69) is 15.5 Å². The molecule has 0 radical (unpaired) electrons. The van der Waals surface area contributed by atoms with E-state index >= 15 is 0 Å². The van der Waals surface area contributed by atoms with Crippen molar-refractivity contribution in [3.05, 3.63) is 70.7 Å². The maximum Gasteiger partial charge on any atom is 0.289 e. The molecule has 0 aliphatic carbocycles. The van der Waals surface area contributed by atoms with E-state index < -0.39 is 0 Å². The Labute approximate surface area is 156 Å². The molecule has 0 spiro atoms. The standard InChI is InChI=1S/C20H19N3O2S/c1-14(2)25-17-7-5-15(6-8-17)16-9-10-21-19(12-16)20(24)23-22-13-18-4-3-11-26-18/h3-14H,1-2H3,(H,23,24)/b22-13+. The van der Waals surface area contributed by atoms with Gasteiger partial charge in [0, 0.05) is 11.1 Å². The van der Waals surface area contributed by atoms with Crippen molar-refractivity contribution >= 4 is 23.5 Å². The molecule has 2 aromatic heterocycles. The van der Waals surface area contributed by atoms with E-state index in [0.29, 0.717) is 5.69 Å². The van der Waals surface area contributed by atoms with Gasteiger partial charge < -0.3 is 4.74 Å². The average molecular weight is 365 g/mol. The lowest BCUT2D eigenvalue weighted by atomic mass is 10.1. The van der Waals surface area contributed by atoms with Crippen LogP contribution in [-0.2, 0) is 0 Å². The number of amides is 1. The van der Waals surface area contributed by atoms with Crippen LogP contribution in [0.4, 0.5) is 0 Å². The summed E-state index contributed by atoms with van der Waals surface area (Å²) in [5.74, 6) is 0.470. The van der Waals surface area contributed by atoms with Gasteiger partial charge in [-0.3, -0.25) is 9.78 Å². The number of nitrogens with zero attached hydrogens (tertiary/aromatic N) is 2. The molecule has 6 heteroatoms. The van der Waals surface area contributed by atoms with Crippen molar-refractivity contribution in [2.45, 2.75) is 20.0 Å². The molecular formula is C20H19N3O2S. The van der Waals surface area contributed by atoms with Crippen molar-refractivity contribution in [2.75, 3.05) is 0 Å². The van der Waals surface area contributed by atoms with Crippen LogP contribution in [0.25, 0.3) is 11.1 Å². The van der Waals surface area contributed by atoms with E-state index in [1.54, 1.807) is 29.8 Å². The highest BCUT2D eigenvalue weighted by Gasteiger charge is 2.08. The number of rotatable bonds is 6. The minimum absolute atomic E-state index is 0.131. The van der Waals surface area contributed by atoms with Gasteiger partial charge >= 0.3 is 0 Å². The maximum absolute atomic E-state index is 12.2. The summed E-state index contributed by atoms with van der Waals surface area (Å²) in [5, 5.41) is 5.91. The van der Waals surface area contributed by atoms with Gasteiger partial charge in [0.05, 0.1) is 12.3 Å². The molecule has 132 valence electrons. The van der Waals surface area contributed by atoms with E-state index in [0.717, 1.165) is 21.8 Å². The highest BCUT2D eigenvalue weighted by atomic mass is 32.1. The molecule has 0 saturated heterocycles. The highest BCUT2D eigenvalue weighted by Crippen LogP contribution is 2.23. The molecule has 0 saturated carbocycles. The fourth-order valence-electron chi connectivity index (χ4n) is 2.31. The smallest absolute Gasteiger partial charge is 0.289 e. The van der Waals surface area contributed by atoms with Gasteiger partial charge in [-0.15, -0.1) is 11.3 Å². The Morgan fingerprint density at radius 2 is 2.00 bits per heavy atom. The van der Waals surface area contributed by atoms with Crippen molar-refractivity contribution in [3.8, 4) is 16.9 Å². The summed E-state index contributed by atoms with van der Waals surface area (Å²) in [4.78, 5) is 17.3. The van der Waals surface area contributed by atoms with E-state index in [-0.39, 0.29) is 12.0 Å². The molecule has 0 unspecified atom stereocenters. The highest BCUT2D eigenvalue weighted by molar-refractivity contribution is 7.11. The molecule has 0 bridgehead atoms. The molecular weight excluding hydrogens is 346 g/mol. The zero-order chi connectivity index (χ0) is 18.4. The molecule has 0 aliphatic heterocycles. The van der Waals surface area contributed by atoms with Crippen LogP contribution in [0, 0.1) is 0 Å². The predicted molar refractivity (Wildman–Crippen MR) is 105 cm³/mol. The van der Waals surface area contributed by atoms with Gasteiger partial charge in [-0.05, 0) is 60.7 Å². The van der Waals surface area contributed by atoms with Crippen molar-refractivity contribution in [1.29, 1.82) is 0 Å². The Morgan fingerprint density at radius 1 is 1.19 bits per heavy atom. The monoisotopic (exact) mass is 365 g/mol. The summed E-state index contributed by atoms with van der Waals surface area (Å²) in [5.41, 5.74) is 4.71. The second-order valence-electron chi connectivity index (χ2n) is 5.84. The molecule has 26 heavy (non-hydrogen) atoms. The Hall–Kier alpha value is -2.99. The first-order valence-electron chi connectivity index (χ1n) is 8.22. The Morgan fingerprint density at radius 3 is 2.69 bits per heavy atom. The zero-order valence-corrected chi connectivity index (χ0v) is 15.4. The van der Waals surface area contributed by atoms with Gasteiger partial charge in [-0.25, -0.2) is 5.43 Å². The molecule has 0 fully saturated rings. The largest absolute Gasteiger partial charge is 0.491 e. The predicted octanol–water partition coefficient (Wildman–Crippen LogP) is 4.36. The lowest BCUT2D eigenvalue weighted by molar-refractivity contribution is 0.0950. The number of aromatic nitrogens is 1. The summed E-state index contributed by atoms with van der Waals surface area (Å²) < 4.78 is 5.65. The first kappa shape index (κ1) is 17.8. The second-order valence-corrected chi connectivity index (χ2v) is 6.81. The molecule has 0 atom stereocenters. The molecule has 1 aromatic carbocycles. The van der Waals surface area contributed by atoms with Gasteiger partial charge in [0.25, 0.3) is 5.91 Å². The molecule has 0 aliphatic rings. The maximum atomic E-state index is 12.2. The lowest BCUT2D eigenvalue weighted by Crippen LogP contribution is -2.18.